The molecule has 0 saturated carbocycles. The molecule has 2 rings (SSSR count). The summed E-state index contributed by atoms with van der Waals surface area (Å²) in [5.41, 5.74) is 1.38. The molecule has 0 unspecified atom stereocenters. The van der Waals surface area contributed by atoms with E-state index in [1.165, 1.54) is 24.3 Å². The average molecular weight is 298 g/mol. The summed E-state index contributed by atoms with van der Waals surface area (Å²) in [5, 5.41) is 9.03. The summed E-state index contributed by atoms with van der Waals surface area (Å²) in [4.78, 5) is 0. The number of nitriles is 1. The van der Waals surface area contributed by atoms with Gasteiger partial charge in [-0.2, -0.15) is 5.26 Å². The van der Waals surface area contributed by atoms with Crippen LogP contribution in [0, 0.1) is 11.3 Å². The molecule has 0 atom stereocenters. The molecule has 0 saturated heterocycles. The van der Waals surface area contributed by atoms with Crippen molar-refractivity contribution in [3.8, 4) is 22.9 Å². The Morgan fingerprint density at radius 3 is 2.45 bits per heavy atom. The van der Waals surface area contributed by atoms with Gasteiger partial charge in [-0.3, -0.25) is 0 Å². The van der Waals surface area contributed by atoms with Gasteiger partial charge in [0.05, 0.1) is 11.6 Å². The zero-order valence-electron chi connectivity index (χ0n) is 9.91. The molecule has 0 amide bonds. The van der Waals surface area contributed by atoms with E-state index in [1.54, 1.807) is 18.2 Å². The number of ether oxygens (including phenoxy) is 1. The van der Waals surface area contributed by atoms with Crippen LogP contribution in [0.25, 0.3) is 11.1 Å². The summed E-state index contributed by atoms with van der Waals surface area (Å²) in [6.07, 6.45) is -4.74. The minimum Gasteiger partial charge on any atom is -0.406 e. The fraction of sp³-hybridized carbons (Fsp3) is 0.0714. The molecule has 20 heavy (non-hydrogen) atoms. The molecule has 0 heterocycles. The normalized spacial score (nSPS) is 10.9. The molecule has 0 spiro atoms. The standard InChI is InChI=1S/C14H7ClF3NO/c15-13-6-9(8-19)4-5-12(13)10-2-1-3-11(7-10)20-14(16,17)18/h1-7H. The van der Waals surface area contributed by atoms with Gasteiger partial charge in [-0.25, -0.2) is 0 Å². The third-order valence-corrected chi connectivity index (χ3v) is 2.79. The number of rotatable bonds is 2. The van der Waals surface area contributed by atoms with Gasteiger partial charge in [0.1, 0.15) is 5.75 Å². The van der Waals surface area contributed by atoms with Gasteiger partial charge in [0.25, 0.3) is 0 Å². The topological polar surface area (TPSA) is 33.0 Å². The predicted molar refractivity (Wildman–Crippen MR) is 68.3 cm³/mol. The Kier molecular flexibility index (Phi) is 3.86. The molecule has 2 aromatic carbocycles. The van der Waals surface area contributed by atoms with Crippen molar-refractivity contribution in [1.82, 2.24) is 0 Å². The van der Waals surface area contributed by atoms with Crippen molar-refractivity contribution >= 4 is 11.6 Å². The van der Waals surface area contributed by atoms with E-state index in [4.69, 9.17) is 16.9 Å². The Morgan fingerprint density at radius 1 is 1.10 bits per heavy atom. The fourth-order valence-electron chi connectivity index (χ4n) is 1.68. The summed E-state index contributed by atoms with van der Waals surface area (Å²) >= 11 is 6.01. The zero-order valence-corrected chi connectivity index (χ0v) is 10.7. The predicted octanol–water partition coefficient (Wildman–Crippen LogP) is 4.78. The number of hydrogen-bond donors (Lipinski definition) is 0. The maximum absolute atomic E-state index is 12.2. The molecular weight excluding hydrogens is 291 g/mol. The highest BCUT2D eigenvalue weighted by Gasteiger charge is 2.31. The molecule has 2 aromatic rings. The minimum absolute atomic E-state index is 0.285. The van der Waals surface area contributed by atoms with Gasteiger partial charge >= 0.3 is 6.36 Å². The molecule has 2 nitrogen and oxygen atoms in total. The number of alkyl halides is 3. The fourth-order valence-corrected chi connectivity index (χ4v) is 1.97. The van der Waals surface area contributed by atoms with Crippen molar-refractivity contribution in [3.63, 3.8) is 0 Å². The van der Waals surface area contributed by atoms with Crippen LogP contribution in [0.5, 0.6) is 5.75 Å². The Bertz CT molecular complexity index is 677. The van der Waals surface area contributed by atoms with Gasteiger partial charge in [0, 0.05) is 10.6 Å². The molecule has 0 aliphatic rings. The molecule has 102 valence electrons. The quantitative estimate of drug-likeness (QED) is 0.799. The summed E-state index contributed by atoms with van der Waals surface area (Å²) in [6, 6.07) is 12.0. The first-order chi connectivity index (χ1) is 9.39. The summed E-state index contributed by atoms with van der Waals surface area (Å²) < 4.78 is 40.4. The van der Waals surface area contributed by atoms with E-state index in [0.29, 0.717) is 16.7 Å². The Balaban J connectivity index is 2.39. The van der Waals surface area contributed by atoms with Crippen LogP contribution < -0.4 is 4.74 Å². The third-order valence-electron chi connectivity index (χ3n) is 2.48. The van der Waals surface area contributed by atoms with Crippen LogP contribution in [0.15, 0.2) is 42.5 Å². The van der Waals surface area contributed by atoms with Crippen LogP contribution in [-0.2, 0) is 0 Å². The second-order valence-corrected chi connectivity index (χ2v) is 4.29. The highest BCUT2D eigenvalue weighted by Crippen LogP contribution is 2.32. The SMILES string of the molecule is N#Cc1ccc(-c2cccc(OC(F)(F)F)c2)c(Cl)c1. The van der Waals surface area contributed by atoms with E-state index in [9.17, 15) is 13.2 Å². The van der Waals surface area contributed by atoms with Gasteiger partial charge in [0.2, 0.25) is 0 Å². The monoisotopic (exact) mass is 297 g/mol. The minimum atomic E-state index is -4.74. The average Bonchev–Trinajstić information content (AvgIpc) is 2.36. The Morgan fingerprint density at radius 2 is 1.85 bits per heavy atom. The first-order valence-corrected chi connectivity index (χ1v) is 5.83. The zero-order chi connectivity index (χ0) is 14.8. The Hall–Kier alpha value is -2.19. The first kappa shape index (κ1) is 14.2. The molecule has 0 radical (unpaired) electrons. The second-order valence-electron chi connectivity index (χ2n) is 3.88. The molecule has 0 aromatic heterocycles. The third kappa shape index (κ3) is 3.43. The van der Waals surface area contributed by atoms with Crippen LogP contribution in [0.3, 0.4) is 0 Å². The largest absolute Gasteiger partial charge is 0.573 e. The first-order valence-electron chi connectivity index (χ1n) is 5.45. The number of nitrogens with zero attached hydrogens (tertiary/aromatic N) is 1. The van der Waals surface area contributed by atoms with Crippen molar-refractivity contribution < 1.29 is 17.9 Å². The van der Waals surface area contributed by atoms with Crippen molar-refractivity contribution in [2.24, 2.45) is 0 Å². The maximum Gasteiger partial charge on any atom is 0.573 e. The summed E-state index contributed by atoms with van der Waals surface area (Å²) in [5.74, 6) is -0.324. The van der Waals surface area contributed by atoms with E-state index in [0.717, 1.165) is 0 Å². The molecule has 0 aliphatic carbocycles. The second kappa shape index (κ2) is 5.43. The number of halogens is 4. The van der Waals surface area contributed by atoms with Crippen molar-refractivity contribution in [2.45, 2.75) is 6.36 Å². The van der Waals surface area contributed by atoms with Gasteiger partial charge in [-0.1, -0.05) is 29.8 Å². The van der Waals surface area contributed by atoms with E-state index in [1.807, 2.05) is 6.07 Å². The summed E-state index contributed by atoms with van der Waals surface area (Å²) in [7, 11) is 0. The molecule has 0 bridgehead atoms. The Labute approximate surface area is 118 Å². The molecular formula is C14H7ClF3NO. The van der Waals surface area contributed by atoms with E-state index < -0.39 is 6.36 Å². The van der Waals surface area contributed by atoms with Crippen molar-refractivity contribution in [3.05, 3.63) is 53.1 Å². The lowest BCUT2D eigenvalue weighted by Gasteiger charge is -2.11. The maximum atomic E-state index is 12.2. The van der Waals surface area contributed by atoms with E-state index >= 15 is 0 Å². The van der Waals surface area contributed by atoms with Gasteiger partial charge < -0.3 is 4.74 Å². The van der Waals surface area contributed by atoms with Crippen LogP contribution in [0.1, 0.15) is 5.56 Å². The highest BCUT2D eigenvalue weighted by molar-refractivity contribution is 6.33. The lowest BCUT2D eigenvalue weighted by molar-refractivity contribution is -0.274. The van der Waals surface area contributed by atoms with Gasteiger partial charge in [-0.15, -0.1) is 13.2 Å². The summed E-state index contributed by atoms with van der Waals surface area (Å²) in [6.45, 7) is 0. The lowest BCUT2D eigenvalue weighted by Crippen LogP contribution is -2.17. The molecule has 0 N–H and O–H groups in total. The lowest BCUT2D eigenvalue weighted by atomic mass is 10.0. The molecule has 0 fully saturated rings. The van der Waals surface area contributed by atoms with Gasteiger partial charge in [0.15, 0.2) is 0 Å². The molecule has 6 heteroatoms. The van der Waals surface area contributed by atoms with Crippen molar-refractivity contribution in [2.75, 3.05) is 0 Å². The highest BCUT2D eigenvalue weighted by atomic mass is 35.5. The molecule has 0 aliphatic heterocycles. The van der Waals surface area contributed by atoms with Crippen LogP contribution >= 0.6 is 11.6 Å². The van der Waals surface area contributed by atoms with E-state index in [-0.39, 0.29) is 10.8 Å². The van der Waals surface area contributed by atoms with Crippen LogP contribution in [0.4, 0.5) is 13.2 Å². The van der Waals surface area contributed by atoms with E-state index in [2.05, 4.69) is 4.74 Å². The van der Waals surface area contributed by atoms with Crippen LogP contribution in [-0.4, -0.2) is 6.36 Å². The van der Waals surface area contributed by atoms with Crippen molar-refractivity contribution in [1.29, 1.82) is 5.26 Å². The van der Waals surface area contributed by atoms with Gasteiger partial charge in [-0.05, 0) is 29.8 Å². The number of benzene rings is 2. The smallest absolute Gasteiger partial charge is 0.406 e. The van der Waals surface area contributed by atoms with Crippen LogP contribution in [0.2, 0.25) is 5.02 Å². The number of hydrogen-bond acceptors (Lipinski definition) is 2.